The van der Waals surface area contributed by atoms with Gasteiger partial charge in [-0.15, -0.1) is 0 Å². The number of ether oxygens (including phenoxy) is 1. The van der Waals surface area contributed by atoms with Crippen LogP contribution in [0, 0.1) is 0 Å². The molecule has 1 aliphatic heterocycles. The molecule has 0 aromatic heterocycles. The first-order valence-electron chi connectivity index (χ1n) is 10.5. The molecule has 1 heterocycles. The molecular formula is C29H26O. The van der Waals surface area contributed by atoms with E-state index in [9.17, 15) is 0 Å². The first-order valence-corrected chi connectivity index (χ1v) is 10.5. The van der Waals surface area contributed by atoms with Gasteiger partial charge in [-0.2, -0.15) is 0 Å². The lowest BCUT2D eigenvalue weighted by molar-refractivity contribution is 0.176. The largest absolute Gasteiger partial charge is 0.485 e. The molecule has 1 nitrogen and oxygen atoms in total. The molecule has 0 fully saturated rings. The summed E-state index contributed by atoms with van der Waals surface area (Å²) < 4.78 is 6.02. The Morgan fingerprint density at radius 3 is 1.67 bits per heavy atom. The van der Waals surface area contributed by atoms with Crippen molar-refractivity contribution in [2.24, 2.45) is 0 Å². The van der Waals surface area contributed by atoms with E-state index < -0.39 is 0 Å². The van der Waals surface area contributed by atoms with Gasteiger partial charge in [-0.3, -0.25) is 0 Å². The van der Waals surface area contributed by atoms with Crippen molar-refractivity contribution in [2.45, 2.75) is 18.9 Å². The molecule has 1 atom stereocenters. The van der Waals surface area contributed by atoms with Crippen molar-refractivity contribution in [3.63, 3.8) is 0 Å². The summed E-state index contributed by atoms with van der Waals surface area (Å²) in [7, 11) is 0. The Morgan fingerprint density at radius 1 is 0.567 bits per heavy atom. The maximum atomic E-state index is 6.02. The first kappa shape index (κ1) is 19.7. The molecule has 1 aliphatic rings. The molecule has 0 radical (unpaired) electrons. The van der Waals surface area contributed by atoms with E-state index in [-0.39, 0.29) is 6.10 Å². The molecule has 0 saturated carbocycles. The van der Waals surface area contributed by atoms with Gasteiger partial charge >= 0.3 is 0 Å². The Kier molecular flexibility index (Phi) is 6.75. The van der Waals surface area contributed by atoms with Gasteiger partial charge in [-0.25, -0.2) is 0 Å². The molecule has 4 aromatic rings. The van der Waals surface area contributed by atoms with E-state index in [0.717, 1.165) is 18.6 Å². The van der Waals surface area contributed by atoms with Crippen molar-refractivity contribution in [3.05, 3.63) is 138 Å². The lowest BCUT2D eigenvalue weighted by Gasteiger charge is -2.26. The summed E-state index contributed by atoms with van der Waals surface area (Å²) in [5, 5.41) is 0. The van der Waals surface area contributed by atoms with Crippen LogP contribution < -0.4 is 4.74 Å². The van der Waals surface area contributed by atoms with Crippen LogP contribution in [-0.4, -0.2) is 0 Å². The predicted molar refractivity (Wildman–Crippen MR) is 126 cm³/mol. The molecule has 0 bridgehead atoms. The van der Waals surface area contributed by atoms with Crippen molar-refractivity contribution < 1.29 is 4.74 Å². The molecule has 0 N–H and O–H groups in total. The third-order valence-corrected chi connectivity index (χ3v) is 5.16. The number of para-hydroxylation sites is 1. The smallest absolute Gasteiger partial charge is 0.124 e. The number of benzene rings is 4. The van der Waals surface area contributed by atoms with Gasteiger partial charge in [-0.05, 0) is 41.2 Å². The van der Waals surface area contributed by atoms with Crippen molar-refractivity contribution in [1.82, 2.24) is 0 Å². The molecule has 1 heteroatoms. The van der Waals surface area contributed by atoms with Crippen LogP contribution in [0.2, 0.25) is 0 Å². The average molecular weight is 391 g/mol. The molecule has 5 rings (SSSR count). The van der Waals surface area contributed by atoms with E-state index in [2.05, 4.69) is 78.9 Å². The minimum Gasteiger partial charge on any atom is -0.485 e. The normalized spacial score (nSPS) is 14.9. The molecular weight excluding hydrogens is 364 g/mol. The summed E-state index contributed by atoms with van der Waals surface area (Å²) in [6.07, 6.45) is 6.64. The Labute approximate surface area is 179 Å². The quantitative estimate of drug-likeness (QED) is 0.327. The maximum absolute atomic E-state index is 6.02. The van der Waals surface area contributed by atoms with Gasteiger partial charge in [0.25, 0.3) is 0 Å². The standard InChI is InChI=1S/C15H14O.C14H12/c1-2-6-12(7-3-1)15-11-10-13-8-4-5-9-14(13)16-15;1-3-7-13(8-4-1)11-12-14-9-5-2-6-10-14/h1-9,15H,10-11H2;1-12H. The van der Waals surface area contributed by atoms with E-state index in [1.807, 2.05) is 48.5 Å². The second kappa shape index (κ2) is 10.3. The predicted octanol–water partition coefficient (Wildman–Crippen LogP) is 7.61. The first-order chi connectivity index (χ1) is 14.9. The number of hydrogen-bond donors (Lipinski definition) is 0. The lowest BCUT2D eigenvalue weighted by atomic mass is 9.98. The summed E-state index contributed by atoms with van der Waals surface area (Å²) in [4.78, 5) is 0. The van der Waals surface area contributed by atoms with E-state index in [0.29, 0.717) is 0 Å². The van der Waals surface area contributed by atoms with Crippen LogP contribution >= 0.6 is 0 Å². The van der Waals surface area contributed by atoms with Gasteiger partial charge in [0.1, 0.15) is 11.9 Å². The topological polar surface area (TPSA) is 9.23 Å². The third kappa shape index (κ3) is 5.48. The molecule has 0 aliphatic carbocycles. The summed E-state index contributed by atoms with van der Waals surface area (Å²) in [5.74, 6) is 1.04. The molecule has 148 valence electrons. The lowest BCUT2D eigenvalue weighted by Crippen LogP contribution is -2.14. The van der Waals surface area contributed by atoms with Crippen molar-refractivity contribution in [1.29, 1.82) is 0 Å². The van der Waals surface area contributed by atoms with E-state index in [1.54, 1.807) is 0 Å². The molecule has 30 heavy (non-hydrogen) atoms. The zero-order chi connectivity index (χ0) is 20.4. The molecule has 0 amide bonds. The van der Waals surface area contributed by atoms with E-state index in [1.165, 1.54) is 22.3 Å². The third-order valence-electron chi connectivity index (χ3n) is 5.16. The fraction of sp³-hybridized carbons (Fsp3) is 0.103. The monoisotopic (exact) mass is 390 g/mol. The Balaban J connectivity index is 0.000000147. The molecule has 0 saturated heterocycles. The highest BCUT2D eigenvalue weighted by Gasteiger charge is 2.20. The van der Waals surface area contributed by atoms with Gasteiger partial charge in [0, 0.05) is 0 Å². The zero-order valence-corrected chi connectivity index (χ0v) is 17.0. The van der Waals surface area contributed by atoms with Gasteiger partial charge in [-0.1, -0.05) is 121 Å². The Bertz CT molecular complexity index is 1010. The van der Waals surface area contributed by atoms with E-state index in [4.69, 9.17) is 4.74 Å². The van der Waals surface area contributed by atoms with Crippen LogP contribution in [0.5, 0.6) is 5.75 Å². The Morgan fingerprint density at radius 2 is 1.07 bits per heavy atom. The van der Waals surface area contributed by atoms with Gasteiger partial charge < -0.3 is 4.74 Å². The summed E-state index contributed by atoms with van der Waals surface area (Å²) >= 11 is 0. The van der Waals surface area contributed by atoms with Crippen LogP contribution in [0.25, 0.3) is 12.2 Å². The highest BCUT2D eigenvalue weighted by atomic mass is 16.5. The minimum absolute atomic E-state index is 0.219. The average Bonchev–Trinajstić information content (AvgIpc) is 2.85. The van der Waals surface area contributed by atoms with Crippen LogP contribution in [0.15, 0.2) is 115 Å². The Hall–Kier alpha value is -3.58. The van der Waals surface area contributed by atoms with Gasteiger partial charge in [0.2, 0.25) is 0 Å². The van der Waals surface area contributed by atoms with Crippen LogP contribution in [0.1, 0.15) is 34.8 Å². The summed E-state index contributed by atoms with van der Waals surface area (Å²) in [6, 6.07) is 39.4. The number of fused-ring (bicyclic) bond motifs is 1. The molecule has 0 spiro atoms. The van der Waals surface area contributed by atoms with Crippen LogP contribution in [0.4, 0.5) is 0 Å². The maximum Gasteiger partial charge on any atom is 0.124 e. The summed E-state index contributed by atoms with van der Waals surface area (Å²) in [5.41, 5.74) is 5.07. The van der Waals surface area contributed by atoms with Crippen molar-refractivity contribution >= 4 is 12.2 Å². The SMILES string of the molecule is C(=Cc1ccccc1)c1ccccc1.c1ccc(C2CCc3ccccc3O2)cc1. The van der Waals surface area contributed by atoms with Gasteiger partial charge in [0.15, 0.2) is 0 Å². The van der Waals surface area contributed by atoms with Crippen LogP contribution in [-0.2, 0) is 6.42 Å². The summed E-state index contributed by atoms with van der Waals surface area (Å²) in [6.45, 7) is 0. The highest BCUT2D eigenvalue weighted by Crippen LogP contribution is 2.34. The molecule has 4 aromatic carbocycles. The van der Waals surface area contributed by atoms with Gasteiger partial charge in [0.05, 0.1) is 0 Å². The van der Waals surface area contributed by atoms with E-state index >= 15 is 0 Å². The number of hydrogen-bond acceptors (Lipinski definition) is 1. The van der Waals surface area contributed by atoms with Crippen molar-refractivity contribution in [2.75, 3.05) is 0 Å². The second-order valence-corrected chi connectivity index (χ2v) is 7.32. The molecule has 1 unspecified atom stereocenters. The van der Waals surface area contributed by atoms with Crippen molar-refractivity contribution in [3.8, 4) is 5.75 Å². The minimum atomic E-state index is 0.219. The highest BCUT2D eigenvalue weighted by molar-refractivity contribution is 5.69. The second-order valence-electron chi connectivity index (χ2n) is 7.32. The number of aryl methyl sites for hydroxylation is 1. The fourth-order valence-electron chi connectivity index (χ4n) is 3.55. The van der Waals surface area contributed by atoms with Crippen LogP contribution in [0.3, 0.4) is 0 Å². The number of rotatable bonds is 3. The fourth-order valence-corrected chi connectivity index (χ4v) is 3.55. The zero-order valence-electron chi connectivity index (χ0n) is 17.0.